The highest BCUT2D eigenvalue weighted by atomic mass is 127. The van der Waals surface area contributed by atoms with Crippen molar-refractivity contribution in [2.24, 2.45) is 0 Å². The fourth-order valence-corrected chi connectivity index (χ4v) is 9.66. The van der Waals surface area contributed by atoms with Crippen LogP contribution in [0.4, 0.5) is 11.4 Å². The fraction of sp³-hybridized carbons (Fsp3) is 0.451. The highest BCUT2D eigenvalue weighted by Crippen LogP contribution is 2.48. The predicted octanol–water partition coefficient (Wildman–Crippen LogP) is 7.12. The molecule has 0 spiro atoms. The number of anilines is 2. The Morgan fingerprint density at radius 1 is 0.729 bits per heavy atom. The quantitative estimate of drug-likeness (QED) is 0.0836. The Balaban J connectivity index is 0.00000585. The Bertz CT molecular complexity index is 2020. The Morgan fingerprint density at radius 3 is 1.80 bits per heavy atom. The molecule has 4 aliphatic rings. The molecular formula is C51H65IN4O3. The van der Waals surface area contributed by atoms with Crippen LogP contribution in [0.3, 0.4) is 0 Å². The van der Waals surface area contributed by atoms with Crippen molar-refractivity contribution in [3.63, 3.8) is 0 Å². The molecule has 3 aromatic carbocycles. The second-order valence-corrected chi connectivity index (χ2v) is 17.5. The number of hydrogen-bond acceptors (Lipinski definition) is 6. The number of likely N-dealkylation sites (N-methyl/N-ethyl adjacent to an activating group) is 2. The number of halogens is 1. The van der Waals surface area contributed by atoms with E-state index in [1.54, 1.807) is 0 Å². The maximum Gasteiger partial charge on any atom is 0.305 e. The molecule has 0 unspecified atom stereocenters. The molecule has 59 heavy (non-hydrogen) atoms. The van der Waals surface area contributed by atoms with Gasteiger partial charge in [0, 0.05) is 71.8 Å². The highest BCUT2D eigenvalue weighted by molar-refractivity contribution is 6.10. The van der Waals surface area contributed by atoms with Gasteiger partial charge in [-0.15, -0.1) is 0 Å². The van der Waals surface area contributed by atoms with Gasteiger partial charge in [0.25, 0.3) is 0 Å². The van der Waals surface area contributed by atoms with Crippen LogP contribution in [0.25, 0.3) is 0 Å². The van der Waals surface area contributed by atoms with Crippen LogP contribution in [0.1, 0.15) is 96.3 Å². The zero-order valence-corrected chi connectivity index (χ0v) is 38.7. The van der Waals surface area contributed by atoms with Crippen LogP contribution in [0.2, 0.25) is 0 Å². The molecule has 7 rings (SSSR count). The molecule has 0 bridgehead atoms. The second kappa shape index (κ2) is 19.5. The van der Waals surface area contributed by atoms with E-state index in [1.807, 2.05) is 6.92 Å². The SMILES string of the molecule is CCOC(=O)CCCCCOc1ccc(CN2CC[N+](=C3/C(=C/C=C4\N(C)c5ccccc5C4(C)C)CCC/C3=C\C=C3\N(C)c4ccccc4C3(C)C)CC2)cc1.[I-]. The van der Waals surface area contributed by atoms with E-state index in [0.717, 1.165) is 77.0 Å². The molecule has 1 saturated heterocycles. The number of fused-ring (bicyclic) bond motifs is 2. The summed E-state index contributed by atoms with van der Waals surface area (Å²) in [6, 6.07) is 26.3. The lowest BCUT2D eigenvalue weighted by molar-refractivity contribution is -0.539. The minimum Gasteiger partial charge on any atom is -1.00 e. The molecule has 314 valence electrons. The van der Waals surface area contributed by atoms with Crippen molar-refractivity contribution < 1.29 is 42.8 Å². The van der Waals surface area contributed by atoms with Crippen LogP contribution in [0.15, 0.2) is 120 Å². The van der Waals surface area contributed by atoms with Gasteiger partial charge in [-0.1, -0.05) is 88.4 Å². The van der Waals surface area contributed by atoms with E-state index >= 15 is 0 Å². The van der Waals surface area contributed by atoms with E-state index in [1.165, 1.54) is 56.3 Å². The lowest BCUT2D eigenvalue weighted by atomic mass is 9.82. The van der Waals surface area contributed by atoms with Crippen molar-refractivity contribution in [3.05, 3.63) is 136 Å². The number of allylic oxidation sites excluding steroid dienone is 8. The van der Waals surface area contributed by atoms with Crippen molar-refractivity contribution in [3.8, 4) is 5.75 Å². The number of para-hydroxylation sites is 2. The number of rotatable bonds is 12. The maximum atomic E-state index is 11.6. The van der Waals surface area contributed by atoms with Crippen LogP contribution in [0.5, 0.6) is 5.75 Å². The third-order valence-corrected chi connectivity index (χ3v) is 12.9. The Hall–Kier alpha value is -4.15. The molecule has 3 heterocycles. The Kier molecular flexibility index (Phi) is 14.7. The van der Waals surface area contributed by atoms with Gasteiger partial charge in [0.2, 0.25) is 5.71 Å². The molecule has 1 saturated carbocycles. The molecule has 3 aliphatic heterocycles. The standard InChI is InChI=1S/C51H65N4O3.HI/c1-8-57-48(56)23-10-9-15-36-58-41-28-24-38(25-29-41)37-54-32-34-55(35-33-54)49-39(26-30-46-50(2,3)42-19-11-13-21-44(42)52(46)6)17-16-18-40(49)27-31-47-51(4,5)43-20-12-14-22-45(43)53(47)7;/h11-14,19-22,24-31H,8-10,15-18,23,32-37H2,1-7H3;1H/q+1;/p-1. The van der Waals surface area contributed by atoms with Gasteiger partial charge in [0.1, 0.15) is 5.75 Å². The average molecular weight is 909 g/mol. The molecule has 8 heteroatoms. The van der Waals surface area contributed by atoms with E-state index in [0.29, 0.717) is 19.6 Å². The molecule has 0 amide bonds. The van der Waals surface area contributed by atoms with E-state index in [-0.39, 0.29) is 40.8 Å². The molecule has 0 atom stereocenters. The number of nitrogens with zero attached hydrogens (tertiary/aromatic N) is 4. The molecular weight excluding hydrogens is 843 g/mol. The normalized spacial score (nSPS) is 21.3. The maximum absolute atomic E-state index is 11.6. The minimum atomic E-state index is -0.107. The summed E-state index contributed by atoms with van der Waals surface area (Å²) in [5.41, 5.74) is 13.6. The first kappa shape index (κ1) is 44.4. The number of carbonyl (C=O) groups is 1. The average Bonchev–Trinajstić information content (AvgIpc) is 3.54. The molecule has 2 fully saturated rings. The van der Waals surface area contributed by atoms with Gasteiger partial charge in [0.05, 0.1) is 26.3 Å². The molecule has 1 aliphatic carbocycles. The molecule has 0 N–H and O–H groups in total. The number of piperazine rings is 1. The van der Waals surface area contributed by atoms with E-state index < -0.39 is 0 Å². The fourth-order valence-electron chi connectivity index (χ4n) is 9.66. The van der Waals surface area contributed by atoms with Gasteiger partial charge < -0.3 is 43.3 Å². The number of carbonyl (C=O) groups excluding carboxylic acids is 1. The summed E-state index contributed by atoms with van der Waals surface area (Å²) in [7, 11) is 4.44. The highest BCUT2D eigenvalue weighted by Gasteiger charge is 2.39. The van der Waals surface area contributed by atoms with Gasteiger partial charge >= 0.3 is 5.97 Å². The summed E-state index contributed by atoms with van der Waals surface area (Å²) >= 11 is 0. The van der Waals surface area contributed by atoms with Crippen molar-refractivity contribution in [2.75, 3.05) is 63.3 Å². The Labute approximate surface area is 371 Å². The third kappa shape index (κ3) is 9.75. The zero-order chi connectivity index (χ0) is 40.9. The largest absolute Gasteiger partial charge is 1.00 e. The number of benzene rings is 3. The minimum absolute atomic E-state index is 0. The van der Waals surface area contributed by atoms with Crippen LogP contribution >= 0.6 is 0 Å². The lowest BCUT2D eigenvalue weighted by Crippen LogP contribution is -3.00. The molecule has 0 aromatic heterocycles. The zero-order valence-electron chi connectivity index (χ0n) is 36.5. The summed E-state index contributed by atoms with van der Waals surface area (Å²) in [5.74, 6) is 0.799. The number of esters is 1. The van der Waals surface area contributed by atoms with Gasteiger partial charge in [0.15, 0.2) is 13.1 Å². The van der Waals surface area contributed by atoms with Crippen LogP contribution in [-0.2, 0) is 26.9 Å². The smallest absolute Gasteiger partial charge is 0.305 e. The molecule has 0 radical (unpaired) electrons. The lowest BCUT2D eigenvalue weighted by Gasteiger charge is -2.29. The predicted molar refractivity (Wildman–Crippen MR) is 239 cm³/mol. The van der Waals surface area contributed by atoms with Crippen LogP contribution < -0.4 is 38.5 Å². The number of ether oxygens (including phenoxy) is 2. The van der Waals surface area contributed by atoms with Gasteiger partial charge in [-0.2, -0.15) is 0 Å². The van der Waals surface area contributed by atoms with Gasteiger partial charge in [-0.05, 0) is 98.6 Å². The first-order valence-corrected chi connectivity index (χ1v) is 21.7. The third-order valence-electron chi connectivity index (χ3n) is 12.9. The van der Waals surface area contributed by atoms with E-state index in [4.69, 9.17) is 9.47 Å². The molecule has 7 nitrogen and oxygen atoms in total. The first-order valence-electron chi connectivity index (χ1n) is 21.7. The summed E-state index contributed by atoms with van der Waals surface area (Å²) in [4.78, 5) is 18.9. The first-order chi connectivity index (χ1) is 28.0. The second-order valence-electron chi connectivity index (χ2n) is 17.5. The number of hydrogen-bond donors (Lipinski definition) is 0. The van der Waals surface area contributed by atoms with Crippen molar-refractivity contribution in [1.82, 2.24) is 4.90 Å². The van der Waals surface area contributed by atoms with E-state index in [9.17, 15) is 4.79 Å². The topological polar surface area (TPSA) is 48.3 Å². The monoisotopic (exact) mass is 908 g/mol. The summed E-state index contributed by atoms with van der Waals surface area (Å²) in [6.45, 7) is 17.4. The van der Waals surface area contributed by atoms with Crippen LogP contribution in [0, 0.1) is 0 Å². The summed E-state index contributed by atoms with van der Waals surface area (Å²) in [5, 5.41) is 0. The van der Waals surface area contributed by atoms with Gasteiger partial charge in [-0.3, -0.25) is 9.69 Å². The van der Waals surface area contributed by atoms with Crippen molar-refractivity contribution in [1.29, 1.82) is 0 Å². The van der Waals surface area contributed by atoms with E-state index in [2.05, 4.69) is 158 Å². The number of unbranched alkanes of at least 4 members (excludes halogenated alkanes) is 2. The van der Waals surface area contributed by atoms with Gasteiger partial charge in [-0.25, -0.2) is 4.58 Å². The van der Waals surface area contributed by atoms with Crippen LogP contribution in [-0.4, -0.2) is 74.6 Å². The van der Waals surface area contributed by atoms with Crippen molar-refractivity contribution >= 4 is 23.1 Å². The van der Waals surface area contributed by atoms with Crippen molar-refractivity contribution in [2.45, 2.75) is 96.9 Å². The molecule has 3 aromatic rings. The summed E-state index contributed by atoms with van der Waals surface area (Å²) in [6.07, 6.45) is 16.3. The summed E-state index contributed by atoms with van der Waals surface area (Å²) < 4.78 is 13.7. The Morgan fingerprint density at radius 2 is 1.27 bits per heavy atom.